The van der Waals surface area contributed by atoms with Gasteiger partial charge in [-0.1, -0.05) is 84.9 Å². The van der Waals surface area contributed by atoms with E-state index < -0.39 is 8.25 Å². The van der Waals surface area contributed by atoms with Crippen molar-refractivity contribution in [1.82, 2.24) is 0 Å². The van der Waals surface area contributed by atoms with E-state index in [1.807, 2.05) is 84.9 Å². The van der Waals surface area contributed by atoms with Gasteiger partial charge in [-0.2, -0.15) is 0 Å². The van der Waals surface area contributed by atoms with Crippen molar-refractivity contribution in [3.05, 3.63) is 91.0 Å². The highest BCUT2D eigenvalue weighted by molar-refractivity contribution is 7.32. The molecule has 0 bridgehead atoms. The Kier molecular flexibility index (Phi) is 4.49. The average Bonchev–Trinajstić information content (AvgIpc) is 2.68. The predicted molar refractivity (Wildman–Crippen MR) is 105 cm³/mol. The van der Waals surface area contributed by atoms with Crippen LogP contribution in [0.2, 0.25) is 0 Å². The van der Waals surface area contributed by atoms with Crippen LogP contribution in [0.5, 0.6) is 5.75 Å². The van der Waals surface area contributed by atoms with Gasteiger partial charge in [0.05, 0.1) is 0 Å². The van der Waals surface area contributed by atoms with Crippen LogP contribution in [-0.4, -0.2) is 4.89 Å². The standard InChI is InChI=1S/C22H15O3P/c23-26(24)25-22-19-14-8-7-13-18(19)15-20(16-9-3-1-4-10-16)21(22)17-11-5-2-6-12-17/h1-15H/p+1. The number of rotatable bonds is 4. The first-order chi connectivity index (χ1) is 12.7. The van der Waals surface area contributed by atoms with E-state index in [-0.39, 0.29) is 0 Å². The van der Waals surface area contributed by atoms with E-state index in [2.05, 4.69) is 6.07 Å². The number of benzene rings is 4. The maximum absolute atomic E-state index is 11.6. The van der Waals surface area contributed by atoms with Crippen LogP contribution in [-0.2, 0) is 4.57 Å². The van der Waals surface area contributed by atoms with Crippen molar-refractivity contribution in [3.8, 4) is 28.0 Å². The Morgan fingerprint density at radius 2 is 1.31 bits per heavy atom. The van der Waals surface area contributed by atoms with Gasteiger partial charge in [0.15, 0.2) is 0 Å². The minimum atomic E-state index is -2.79. The second-order valence-electron chi connectivity index (χ2n) is 5.91. The van der Waals surface area contributed by atoms with Crippen LogP contribution in [0.4, 0.5) is 0 Å². The molecular formula is C22H16O3P+. The Morgan fingerprint density at radius 3 is 1.96 bits per heavy atom. The summed E-state index contributed by atoms with van der Waals surface area (Å²) >= 11 is 0. The molecule has 0 saturated carbocycles. The molecule has 126 valence electrons. The fraction of sp³-hybridized carbons (Fsp3) is 0. The van der Waals surface area contributed by atoms with Gasteiger partial charge in [0, 0.05) is 15.5 Å². The van der Waals surface area contributed by atoms with Crippen LogP contribution >= 0.6 is 8.25 Å². The molecule has 0 aliphatic heterocycles. The summed E-state index contributed by atoms with van der Waals surface area (Å²) < 4.78 is 17.0. The van der Waals surface area contributed by atoms with E-state index in [9.17, 15) is 9.46 Å². The van der Waals surface area contributed by atoms with Gasteiger partial charge < -0.3 is 0 Å². The van der Waals surface area contributed by atoms with Gasteiger partial charge in [-0.25, -0.2) is 4.52 Å². The lowest BCUT2D eigenvalue weighted by atomic mass is 9.90. The first-order valence-corrected chi connectivity index (χ1v) is 9.38. The summed E-state index contributed by atoms with van der Waals surface area (Å²) in [6.07, 6.45) is 0. The van der Waals surface area contributed by atoms with E-state index in [1.165, 1.54) is 0 Å². The van der Waals surface area contributed by atoms with E-state index >= 15 is 0 Å². The molecule has 4 aromatic carbocycles. The van der Waals surface area contributed by atoms with Crippen molar-refractivity contribution in [2.75, 3.05) is 0 Å². The van der Waals surface area contributed by atoms with Gasteiger partial charge in [0.1, 0.15) is 0 Å². The van der Waals surface area contributed by atoms with Gasteiger partial charge >= 0.3 is 8.25 Å². The molecule has 1 N–H and O–H groups in total. The van der Waals surface area contributed by atoms with Gasteiger partial charge in [-0.3, -0.25) is 0 Å². The Balaban J connectivity index is 2.13. The minimum Gasteiger partial charge on any atom is -0.228 e. The van der Waals surface area contributed by atoms with Crippen LogP contribution in [0.1, 0.15) is 0 Å². The second kappa shape index (κ2) is 7.09. The van der Waals surface area contributed by atoms with Gasteiger partial charge in [-0.05, 0) is 28.1 Å². The number of fused-ring (bicyclic) bond motifs is 1. The lowest BCUT2D eigenvalue weighted by Crippen LogP contribution is -1.93. The molecule has 0 aromatic heterocycles. The molecule has 4 aromatic rings. The average molecular weight is 359 g/mol. The Labute approximate surface area is 152 Å². The molecule has 0 fully saturated rings. The van der Waals surface area contributed by atoms with Crippen molar-refractivity contribution in [2.24, 2.45) is 0 Å². The summed E-state index contributed by atoms with van der Waals surface area (Å²) in [7, 11) is -2.79. The van der Waals surface area contributed by atoms with E-state index in [4.69, 9.17) is 4.52 Å². The molecule has 3 nitrogen and oxygen atoms in total. The smallest absolute Gasteiger partial charge is 0.228 e. The molecule has 4 rings (SSSR count). The molecular weight excluding hydrogens is 343 g/mol. The molecule has 0 spiro atoms. The predicted octanol–water partition coefficient (Wildman–Crippen LogP) is 6.20. The largest absolute Gasteiger partial charge is 0.747 e. The quantitative estimate of drug-likeness (QED) is 0.441. The highest BCUT2D eigenvalue weighted by Gasteiger charge is 2.25. The first kappa shape index (κ1) is 16.5. The van der Waals surface area contributed by atoms with Crippen LogP contribution in [0.25, 0.3) is 33.0 Å². The second-order valence-corrected chi connectivity index (χ2v) is 6.57. The summed E-state index contributed by atoms with van der Waals surface area (Å²) in [5.74, 6) is 0.428. The molecule has 0 saturated heterocycles. The molecule has 0 aliphatic carbocycles. The SMILES string of the molecule is O=[P+](O)Oc1c(-c2ccccc2)c(-c2ccccc2)cc2ccccc12. The number of hydrogen-bond donors (Lipinski definition) is 1. The molecule has 0 amide bonds. The normalized spacial score (nSPS) is 11.3. The van der Waals surface area contributed by atoms with Crippen LogP contribution in [0, 0.1) is 0 Å². The van der Waals surface area contributed by atoms with E-state index in [0.29, 0.717) is 5.75 Å². The fourth-order valence-corrected chi connectivity index (χ4v) is 3.57. The Bertz CT molecular complexity index is 1080. The Hall–Kier alpha value is -3.00. The third-order valence-corrected chi connectivity index (χ3v) is 4.66. The van der Waals surface area contributed by atoms with Gasteiger partial charge in [0.2, 0.25) is 5.75 Å². The van der Waals surface area contributed by atoms with E-state index in [1.54, 1.807) is 0 Å². The number of hydrogen-bond acceptors (Lipinski definition) is 2. The maximum Gasteiger partial charge on any atom is 0.747 e. The monoisotopic (exact) mass is 359 g/mol. The van der Waals surface area contributed by atoms with Gasteiger partial charge in [-0.15, -0.1) is 4.89 Å². The van der Waals surface area contributed by atoms with Crippen molar-refractivity contribution < 1.29 is 14.0 Å². The van der Waals surface area contributed by atoms with Crippen molar-refractivity contribution in [1.29, 1.82) is 0 Å². The van der Waals surface area contributed by atoms with Crippen molar-refractivity contribution >= 4 is 19.0 Å². The minimum absolute atomic E-state index is 0.428. The topological polar surface area (TPSA) is 46.5 Å². The molecule has 0 heterocycles. The summed E-state index contributed by atoms with van der Waals surface area (Å²) in [6, 6.07) is 29.6. The molecule has 26 heavy (non-hydrogen) atoms. The first-order valence-electron chi connectivity index (χ1n) is 8.25. The third kappa shape index (κ3) is 3.11. The lowest BCUT2D eigenvalue weighted by molar-refractivity contribution is 0.413. The van der Waals surface area contributed by atoms with Crippen molar-refractivity contribution in [3.63, 3.8) is 0 Å². The molecule has 0 radical (unpaired) electrons. The summed E-state index contributed by atoms with van der Waals surface area (Å²) in [6.45, 7) is 0. The highest BCUT2D eigenvalue weighted by atomic mass is 31.1. The summed E-state index contributed by atoms with van der Waals surface area (Å²) in [5, 5.41) is 1.77. The zero-order valence-electron chi connectivity index (χ0n) is 13.9. The van der Waals surface area contributed by atoms with E-state index in [0.717, 1.165) is 33.0 Å². The molecule has 1 atom stereocenters. The maximum atomic E-state index is 11.6. The Morgan fingerprint density at radius 1 is 0.731 bits per heavy atom. The van der Waals surface area contributed by atoms with Gasteiger partial charge in [0.25, 0.3) is 0 Å². The molecule has 0 aliphatic rings. The van der Waals surface area contributed by atoms with Crippen molar-refractivity contribution in [2.45, 2.75) is 0 Å². The highest BCUT2D eigenvalue weighted by Crippen LogP contribution is 2.46. The van der Waals surface area contributed by atoms with Crippen LogP contribution in [0.3, 0.4) is 0 Å². The molecule has 4 heteroatoms. The summed E-state index contributed by atoms with van der Waals surface area (Å²) in [5.41, 5.74) is 3.73. The zero-order chi connectivity index (χ0) is 17.9. The zero-order valence-corrected chi connectivity index (χ0v) is 14.8. The molecule has 1 unspecified atom stereocenters. The van der Waals surface area contributed by atoms with Crippen LogP contribution < -0.4 is 4.52 Å². The lowest BCUT2D eigenvalue weighted by Gasteiger charge is -2.15. The fourth-order valence-electron chi connectivity index (χ4n) is 3.22. The summed E-state index contributed by atoms with van der Waals surface area (Å²) in [4.78, 5) is 9.49. The third-order valence-electron chi connectivity index (χ3n) is 4.32. The van der Waals surface area contributed by atoms with Crippen LogP contribution in [0.15, 0.2) is 91.0 Å².